The summed E-state index contributed by atoms with van der Waals surface area (Å²) in [4.78, 5) is 5.13. The fourth-order valence-electron chi connectivity index (χ4n) is 3.67. The first kappa shape index (κ1) is 14.9. The minimum absolute atomic E-state index is 0.163. The van der Waals surface area contributed by atoms with Gasteiger partial charge in [0, 0.05) is 30.4 Å². The quantitative estimate of drug-likeness (QED) is 0.857. The van der Waals surface area contributed by atoms with Crippen molar-refractivity contribution in [3.8, 4) is 0 Å². The van der Waals surface area contributed by atoms with Gasteiger partial charge >= 0.3 is 0 Å². The Morgan fingerprint density at radius 2 is 1.90 bits per heavy atom. The summed E-state index contributed by atoms with van der Waals surface area (Å²) in [5, 5.41) is 3.73. The first-order valence-corrected chi connectivity index (χ1v) is 8.24. The summed E-state index contributed by atoms with van der Waals surface area (Å²) >= 11 is 0. The number of aryl methyl sites for hydroxylation is 1. The molecule has 0 aromatic heterocycles. The van der Waals surface area contributed by atoms with E-state index in [0.29, 0.717) is 6.04 Å². The number of nitrogens with zero attached hydrogens (tertiary/aromatic N) is 2. The Labute approximate surface area is 129 Å². The molecule has 0 atom stereocenters. The number of hydrogen-bond donors (Lipinski definition) is 1. The minimum Gasteiger partial charge on any atom is -0.366 e. The molecule has 1 aromatic rings. The van der Waals surface area contributed by atoms with E-state index in [1.807, 2.05) is 0 Å². The number of fused-ring (bicyclic) bond motifs is 1. The molecule has 0 radical (unpaired) electrons. The number of benzene rings is 1. The normalized spacial score (nSPS) is 23.7. The van der Waals surface area contributed by atoms with E-state index in [9.17, 15) is 0 Å². The molecule has 1 fully saturated rings. The standard InChI is InChI=1S/C18H29N3/c1-14-5-6-17-15(11-14)12-19-18(2,3)13-21(17)16-7-9-20(4)10-8-16/h5-6,11,16,19H,7-10,12-13H2,1-4H3. The summed E-state index contributed by atoms with van der Waals surface area (Å²) in [5.74, 6) is 0. The lowest BCUT2D eigenvalue weighted by Gasteiger charge is -2.41. The molecule has 1 saturated heterocycles. The van der Waals surface area contributed by atoms with E-state index in [1.54, 1.807) is 0 Å². The number of hydrogen-bond acceptors (Lipinski definition) is 3. The average Bonchev–Trinajstić information content (AvgIpc) is 2.56. The van der Waals surface area contributed by atoms with Gasteiger partial charge in [-0.3, -0.25) is 0 Å². The molecule has 2 aliphatic rings. The zero-order valence-electron chi connectivity index (χ0n) is 13.9. The maximum absolute atomic E-state index is 3.73. The van der Waals surface area contributed by atoms with Crippen LogP contribution in [0.2, 0.25) is 0 Å². The molecule has 0 aliphatic carbocycles. The third-order valence-corrected chi connectivity index (χ3v) is 5.00. The van der Waals surface area contributed by atoms with Crippen LogP contribution < -0.4 is 10.2 Å². The van der Waals surface area contributed by atoms with Crippen molar-refractivity contribution >= 4 is 5.69 Å². The lowest BCUT2D eigenvalue weighted by molar-refractivity contribution is 0.243. The lowest BCUT2D eigenvalue weighted by atomic mass is 9.98. The average molecular weight is 287 g/mol. The third kappa shape index (κ3) is 3.24. The molecular weight excluding hydrogens is 258 g/mol. The van der Waals surface area contributed by atoms with E-state index in [-0.39, 0.29) is 5.54 Å². The van der Waals surface area contributed by atoms with Gasteiger partial charge in [-0.1, -0.05) is 17.7 Å². The molecule has 0 bridgehead atoms. The molecule has 3 rings (SSSR count). The summed E-state index contributed by atoms with van der Waals surface area (Å²) in [7, 11) is 2.24. The van der Waals surface area contributed by atoms with Crippen LogP contribution in [0.25, 0.3) is 0 Å². The maximum atomic E-state index is 3.73. The van der Waals surface area contributed by atoms with Gasteiger partial charge in [-0.15, -0.1) is 0 Å². The van der Waals surface area contributed by atoms with Gasteiger partial charge in [0.1, 0.15) is 0 Å². The van der Waals surface area contributed by atoms with E-state index in [1.165, 1.54) is 42.7 Å². The van der Waals surface area contributed by atoms with Gasteiger partial charge < -0.3 is 15.1 Å². The molecule has 0 spiro atoms. The van der Waals surface area contributed by atoms with E-state index in [4.69, 9.17) is 0 Å². The predicted molar refractivity (Wildman–Crippen MR) is 90.0 cm³/mol. The van der Waals surface area contributed by atoms with Crippen molar-refractivity contribution in [1.29, 1.82) is 0 Å². The Kier molecular flexibility index (Phi) is 3.98. The third-order valence-electron chi connectivity index (χ3n) is 5.00. The second-order valence-corrected chi connectivity index (χ2v) is 7.53. The van der Waals surface area contributed by atoms with Crippen LogP contribution in [0.1, 0.15) is 37.8 Å². The van der Waals surface area contributed by atoms with Crippen LogP contribution in [0.4, 0.5) is 5.69 Å². The van der Waals surface area contributed by atoms with E-state index >= 15 is 0 Å². The highest BCUT2D eigenvalue weighted by Crippen LogP contribution is 2.31. The van der Waals surface area contributed by atoms with Crippen molar-refractivity contribution in [3.63, 3.8) is 0 Å². The maximum Gasteiger partial charge on any atom is 0.0415 e. The highest BCUT2D eigenvalue weighted by Gasteiger charge is 2.32. The summed E-state index contributed by atoms with van der Waals surface area (Å²) in [6, 6.07) is 7.64. The first-order valence-electron chi connectivity index (χ1n) is 8.24. The highest BCUT2D eigenvalue weighted by atomic mass is 15.2. The molecular formula is C18H29N3. The fourth-order valence-corrected chi connectivity index (χ4v) is 3.67. The van der Waals surface area contributed by atoms with E-state index in [0.717, 1.165) is 13.1 Å². The first-order chi connectivity index (χ1) is 9.94. The number of likely N-dealkylation sites (tertiary alicyclic amines) is 1. The van der Waals surface area contributed by atoms with Gasteiger partial charge in [-0.25, -0.2) is 0 Å². The SMILES string of the molecule is Cc1ccc2c(c1)CNC(C)(C)CN2C1CCN(C)CC1. The number of piperidine rings is 1. The number of nitrogens with one attached hydrogen (secondary N) is 1. The van der Waals surface area contributed by atoms with E-state index < -0.39 is 0 Å². The number of rotatable bonds is 1. The fraction of sp³-hybridized carbons (Fsp3) is 0.667. The lowest BCUT2D eigenvalue weighted by Crippen LogP contribution is -2.52. The van der Waals surface area contributed by atoms with Crippen LogP contribution in [-0.4, -0.2) is 43.2 Å². The molecule has 21 heavy (non-hydrogen) atoms. The second-order valence-electron chi connectivity index (χ2n) is 7.53. The summed E-state index contributed by atoms with van der Waals surface area (Å²) in [5.41, 5.74) is 4.43. The Hall–Kier alpha value is -1.06. The molecule has 0 amide bonds. The second kappa shape index (κ2) is 5.62. The van der Waals surface area contributed by atoms with Gasteiger partial charge in [-0.05, 0) is 65.4 Å². The monoisotopic (exact) mass is 287 g/mol. The van der Waals surface area contributed by atoms with Gasteiger partial charge in [0.15, 0.2) is 0 Å². The van der Waals surface area contributed by atoms with Crippen molar-refractivity contribution in [2.45, 2.75) is 51.7 Å². The highest BCUT2D eigenvalue weighted by molar-refractivity contribution is 5.57. The van der Waals surface area contributed by atoms with E-state index in [2.05, 4.69) is 61.1 Å². The zero-order chi connectivity index (χ0) is 15.0. The van der Waals surface area contributed by atoms with Crippen LogP contribution >= 0.6 is 0 Å². The van der Waals surface area contributed by atoms with Crippen LogP contribution in [0.3, 0.4) is 0 Å². The van der Waals surface area contributed by atoms with Crippen molar-refractivity contribution in [3.05, 3.63) is 29.3 Å². The van der Waals surface area contributed by atoms with Gasteiger partial charge in [0.05, 0.1) is 0 Å². The molecule has 0 saturated carbocycles. The van der Waals surface area contributed by atoms with Crippen molar-refractivity contribution < 1.29 is 0 Å². The van der Waals surface area contributed by atoms with Crippen LogP contribution in [-0.2, 0) is 6.54 Å². The topological polar surface area (TPSA) is 18.5 Å². The Bertz CT molecular complexity index is 501. The van der Waals surface area contributed by atoms with Crippen molar-refractivity contribution in [2.75, 3.05) is 31.6 Å². The summed E-state index contributed by atoms with van der Waals surface area (Å²) in [6.45, 7) is 11.4. The van der Waals surface area contributed by atoms with Gasteiger partial charge in [0.2, 0.25) is 0 Å². The molecule has 3 heteroatoms. The molecule has 0 unspecified atom stereocenters. The molecule has 2 aliphatic heterocycles. The number of anilines is 1. The van der Waals surface area contributed by atoms with Crippen LogP contribution in [0.15, 0.2) is 18.2 Å². The molecule has 116 valence electrons. The van der Waals surface area contributed by atoms with Gasteiger partial charge in [-0.2, -0.15) is 0 Å². The van der Waals surface area contributed by atoms with Crippen LogP contribution in [0.5, 0.6) is 0 Å². The summed E-state index contributed by atoms with van der Waals surface area (Å²) in [6.07, 6.45) is 2.56. The van der Waals surface area contributed by atoms with Gasteiger partial charge in [0.25, 0.3) is 0 Å². The Morgan fingerprint density at radius 1 is 1.19 bits per heavy atom. The molecule has 3 nitrogen and oxygen atoms in total. The smallest absolute Gasteiger partial charge is 0.0415 e. The zero-order valence-corrected chi connectivity index (χ0v) is 13.9. The predicted octanol–water partition coefficient (Wildman–Crippen LogP) is 2.78. The molecule has 2 heterocycles. The molecule has 1 aromatic carbocycles. The summed E-state index contributed by atoms with van der Waals surface area (Å²) < 4.78 is 0. The Balaban J connectivity index is 1.92. The minimum atomic E-state index is 0.163. The molecule has 1 N–H and O–H groups in total. The van der Waals surface area contributed by atoms with Crippen molar-refractivity contribution in [1.82, 2.24) is 10.2 Å². The Morgan fingerprint density at radius 3 is 2.62 bits per heavy atom. The van der Waals surface area contributed by atoms with Crippen molar-refractivity contribution in [2.24, 2.45) is 0 Å². The van der Waals surface area contributed by atoms with Crippen LogP contribution in [0, 0.1) is 6.92 Å². The largest absolute Gasteiger partial charge is 0.366 e.